The molecule has 0 aliphatic heterocycles. The molecule has 0 amide bonds. The minimum Gasteiger partial charge on any atom is -0.493 e. The molecule has 3 aromatic rings. The van der Waals surface area contributed by atoms with Gasteiger partial charge < -0.3 is 18.7 Å². The highest BCUT2D eigenvalue weighted by atomic mass is 16.6. The fraction of sp³-hybridized carbons (Fsp3) is 0.250. The summed E-state index contributed by atoms with van der Waals surface area (Å²) in [6.07, 6.45) is 0.962. The molecule has 0 saturated carbocycles. The molecule has 2 aromatic carbocycles. The van der Waals surface area contributed by atoms with E-state index in [0.29, 0.717) is 22.9 Å². The number of benzene rings is 2. The van der Waals surface area contributed by atoms with Crippen LogP contribution in [0.15, 0.2) is 47.0 Å². The van der Waals surface area contributed by atoms with E-state index in [1.807, 2.05) is 24.3 Å². The van der Waals surface area contributed by atoms with Gasteiger partial charge in [-0.05, 0) is 30.2 Å². The van der Waals surface area contributed by atoms with Gasteiger partial charge in [0.25, 0.3) is 5.89 Å². The molecule has 0 N–H and O–H groups in total. The number of aromatic nitrogens is 2. The molecule has 27 heavy (non-hydrogen) atoms. The normalized spacial score (nSPS) is 10.5. The van der Waals surface area contributed by atoms with Gasteiger partial charge in [-0.2, -0.15) is 4.98 Å². The van der Waals surface area contributed by atoms with E-state index >= 15 is 0 Å². The lowest BCUT2D eigenvalue weighted by Crippen LogP contribution is -2.06. The second-order valence-electron chi connectivity index (χ2n) is 5.71. The number of ether oxygens (including phenoxy) is 3. The van der Waals surface area contributed by atoms with Crippen molar-refractivity contribution >= 4 is 5.97 Å². The van der Waals surface area contributed by atoms with Crippen LogP contribution in [-0.4, -0.2) is 30.3 Å². The Morgan fingerprint density at radius 3 is 2.44 bits per heavy atom. The van der Waals surface area contributed by atoms with Crippen LogP contribution in [0.4, 0.5) is 0 Å². The molecule has 0 saturated heterocycles. The van der Waals surface area contributed by atoms with Crippen LogP contribution in [-0.2, 0) is 17.8 Å². The third kappa shape index (κ3) is 4.25. The van der Waals surface area contributed by atoms with Crippen molar-refractivity contribution in [1.29, 1.82) is 0 Å². The molecule has 0 aliphatic carbocycles. The van der Waals surface area contributed by atoms with Crippen molar-refractivity contribution in [3.63, 3.8) is 0 Å². The van der Waals surface area contributed by atoms with Crippen molar-refractivity contribution < 1.29 is 23.5 Å². The Morgan fingerprint density at radius 2 is 1.78 bits per heavy atom. The van der Waals surface area contributed by atoms with E-state index in [4.69, 9.17) is 18.7 Å². The van der Waals surface area contributed by atoms with E-state index in [1.165, 1.54) is 19.8 Å². The van der Waals surface area contributed by atoms with E-state index < -0.39 is 5.97 Å². The van der Waals surface area contributed by atoms with Gasteiger partial charge in [0, 0.05) is 5.56 Å². The minimum absolute atomic E-state index is 0.118. The summed E-state index contributed by atoms with van der Waals surface area (Å²) in [5.74, 6) is 1.13. The molecule has 140 valence electrons. The Labute approximate surface area is 156 Å². The molecule has 7 nitrogen and oxygen atoms in total. The van der Waals surface area contributed by atoms with E-state index in [-0.39, 0.29) is 12.5 Å². The maximum absolute atomic E-state index is 12.2. The summed E-state index contributed by atoms with van der Waals surface area (Å²) in [5, 5.41) is 3.93. The topological polar surface area (TPSA) is 83.7 Å². The number of aryl methyl sites for hydroxylation is 1. The Bertz CT molecular complexity index is 918. The van der Waals surface area contributed by atoms with Gasteiger partial charge in [-0.15, -0.1) is 0 Å². The summed E-state index contributed by atoms with van der Waals surface area (Å²) in [7, 11) is 3.03. The summed E-state index contributed by atoms with van der Waals surface area (Å²) in [4.78, 5) is 16.5. The number of methoxy groups -OCH3 is 2. The summed E-state index contributed by atoms with van der Waals surface area (Å²) >= 11 is 0. The van der Waals surface area contributed by atoms with Crippen molar-refractivity contribution in [2.45, 2.75) is 20.0 Å². The molecule has 0 aliphatic rings. The number of nitrogens with zero attached hydrogens (tertiary/aromatic N) is 2. The average molecular weight is 368 g/mol. The highest BCUT2D eigenvalue weighted by molar-refractivity contribution is 5.90. The van der Waals surface area contributed by atoms with Gasteiger partial charge in [-0.1, -0.05) is 36.3 Å². The zero-order valence-electron chi connectivity index (χ0n) is 15.4. The predicted molar refractivity (Wildman–Crippen MR) is 97.8 cm³/mol. The monoisotopic (exact) mass is 368 g/mol. The van der Waals surface area contributed by atoms with Gasteiger partial charge >= 0.3 is 5.97 Å². The number of hydrogen-bond donors (Lipinski definition) is 0. The lowest BCUT2D eigenvalue weighted by Gasteiger charge is -2.08. The first-order valence-electron chi connectivity index (χ1n) is 8.45. The zero-order chi connectivity index (χ0) is 19.2. The quantitative estimate of drug-likeness (QED) is 0.588. The molecule has 1 aromatic heterocycles. The van der Waals surface area contributed by atoms with Crippen molar-refractivity contribution in [1.82, 2.24) is 10.1 Å². The fourth-order valence-electron chi connectivity index (χ4n) is 2.49. The Balaban J connectivity index is 1.65. The molecule has 0 radical (unpaired) electrons. The Kier molecular flexibility index (Phi) is 5.71. The van der Waals surface area contributed by atoms with Crippen molar-refractivity contribution in [2.24, 2.45) is 0 Å². The van der Waals surface area contributed by atoms with Gasteiger partial charge in [-0.25, -0.2) is 4.79 Å². The summed E-state index contributed by atoms with van der Waals surface area (Å²) in [5.41, 5.74) is 2.40. The van der Waals surface area contributed by atoms with Gasteiger partial charge in [0.15, 0.2) is 18.1 Å². The van der Waals surface area contributed by atoms with Crippen LogP contribution in [0.25, 0.3) is 11.4 Å². The van der Waals surface area contributed by atoms with Crippen LogP contribution in [0.3, 0.4) is 0 Å². The maximum Gasteiger partial charge on any atom is 0.338 e. The zero-order valence-corrected chi connectivity index (χ0v) is 15.4. The predicted octanol–water partition coefficient (Wildman–Crippen LogP) is 3.67. The number of esters is 1. The SMILES string of the molecule is CCc1ccc(-c2noc(COC(=O)c3ccc(OC)c(OC)c3)n2)cc1. The minimum atomic E-state index is -0.525. The van der Waals surface area contributed by atoms with Crippen molar-refractivity contribution in [2.75, 3.05) is 14.2 Å². The van der Waals surface area contributed by atoms with Crippen LogP contribution in [0.5, 0.6) is 11.5 Å². The third-order valence-electron chi connectivity index (χ3n) is 4.03. The molecule has 0 spiro atoms. The van der Waals surface area contributed by atoms with Crippen LogP contribution >= 0.6 is 0 Å². The molecule has 7 heteroatoms. The van der Waals surface area contributed by atoms with E-state index in [9.17, 15) is 4.79 Å². The summed E-state index contributed by atoms with van der Waals surface area (Å²) in [6.45, 7) is 1.97. The summed E-state index contributed by atoms with van der Waals surface area (Å²) < 4.78 is 20.7. The maximum atomic E-state index is 12.2. The average Bonchev–Trinajstić information content (AvgIpc) is 3.20. The Morgan fingerprint density at radius 1 is 1.04 bits per heavy atom. The van der Waals surface area contributed by atoms with Crippen molar-refractivity contribution in [3.05, 3.63) is 59.5 Å². The largest absolute Gasteiger partial charge is 0.493 e. The lowest BCUT2D eigenvalue weighted by molar-refractivity contribution is 0.0429. The molecule has 0 bridgehead atoms. The molecule has 0 atom stereocenters. The highest BCUT2D eigenvalue weighted by Crippen LogP contribution is 2.28. The van der Waals surface area contributed by atoms with Gasteiger partial charge in [0.2, 0.25) is 5.82 Å². The van der Waals surface area contributed by atoms with Gasteiger partial charge in [-0.3, -0.25) is 0 Å². The van der Waals surface area contributed by atoms with Gasteiger partial charge in [0.05, 0.1) is 19.8 Å². The lowest BCUT2D eigenvalue weighted by atomic mass is 10.1. The number of rotatable bonds is 7. The highest BCUT2D eigenvalue weighted by Gasteiger charge is 2.15. The van der Waals surface area contributed by atoms with Crippen LogP contribution in [0, 0.1) is 0 Å². The summed E-state index contributed by atoms with van der Waals surface area (Å²) in [6, 6.07) is 12.7. The number of carbonyl (C=O) groups excluding carboxylic acids is 1. The fourth-order valence-corrected chi connectivity index (χ4v) is 2.49. The standard InChI is InChI=1S/C20H20N2O5/c1-4-13-5-7-14(8-6-13)19-21-18(27-22-19)12-26-20(23)15-9-10-16(24-2)17(11-15)25-3/h5-11H,4,12H2,1-3H3. The second-order valence-corrected chi connectivity index (χ2v) is 5.71. The van der Waals surface area contributed by atoms with E-state index in [0.717, 1.165) is 12.0 Å². The van der Waals surface area contributed by atoms with Gasteiger partial charge in [0.1, 0.15) is 0 Å². The molecule has 3 rings (SSSR count). The first-order chi connectivity index (χ1) is 13.1. The molecule has 0 fully saturated rings. The first-order valence-corrected chi connectivity index (χ1v) is 8.45. The number of carbonyl (C=O) groups is 1. The van der Waals surface area contributed by atoms with Crippen LogP contribution < -0.4 is 9.47 Å². The smallest absolute Gasteiger partial charge is 0.338 e. The van der Waals surface area contributed by atoms with E-state index in [1.54, 1.807) is 18.2 Å². The van der Waals surface area contributed by atoms with Crippen LogP contribution in [0.2, 0.25) is 0 Å². The molecular weight excluding hydrogens is 348 g/mol. The van der Waals surface area contributed by atoms with Crippen molar-refractivity contribution in [3.8, 4) is 22.9 Å². The van der Waals surface area contributed by atoms with E-state index in [2.05, 4.69) is 17.1 Å². The number of hydrogen-bond acceptors (Lipinski definition) is 7. The molecule has 0 unspecified atom stereocenters. The molecule has 1 heterocycles. The third-order valence-corrected chi connectivity index (χ3v) is 4.03. The second kappa shape index (κ2) is 8.35. The molecular formula is C20H20N2O5. The Hall–Kier alpha value is -3.35. The van der Waals surface area contributed by atoms with Crippen LogP contribution in [0.1, 0.15) is 28.7 Å². The first kappa shape index (κ1) is 18.4.